The Morgan fingerprint density at radius 3 is 2.48 bits per heavy atom. The molecule has 2 aliphatic heterocycles. The minimum Gasteiger partial charge on any atom is -0.444 e. The van der Waals surface area contributed by atoms with Crippen molar-refractivity contribution in [3.63, 3.8) is 0 Å². The molecule has 216 valence electrons. The number of rotatable bonds is 9. The fourth-order valence-corrected chi connectivity index (χ4v) is 4.55. The zero-order valence-electron chi connectivity index (χ0n) is 23.2. The number of hydrogen-bond acceptors (Lipinski definition) is 7. The number of ether oxygens (including phenoxy) is 3. The normalized spacial score (nSPS) is 17.6. The van der Waals surface area contributed by atoms with Crippen LogP contribution in [-0.4, -0.2) is 80.6 Å². The Labute approximate surface area is 234 Å². The maximum atomic E-state index is 15.1. The van der Waals surface area contributed by atoms with Gasteiger partial charge in [0, 0.05) is 26.2 Å². The Morgan fingerprint density at radius 2 is 1.80 bits per heavy atom. The number of piperazine rings is 1. The zero-order valence-corrected chi connectivity index (χ0v) is 23.2. The number of halogens is 1. The van der Waals surface area contributed by atoms with Crippen LogP contribution in [0.15, 0.2) is 48.5 Å². The van der Waals surface area contributed by atoms with Crippen LogP contribution in [0.2, 0.25) is 0 Å². The highest BCUT2D eigenvalue weighted by Crippen LogP contribution is 2.28. The summed E-state index contributed by atoms with van der Waals surface area (Å²) in [4.78, 5) is 41.9. The first-order chi connectivity index (χ1) is 19.1. The molecule has 2 aromatic rings. The van der Waals surface area contributed by atoms with Crippen LogP contribution >= 0.6 is 0 Å². The molecular formula is C29H37FN4O6. The molecule has 1 N–H and O–H groups in total. The van der Waals surface area contributed by atoms with Gasteiger partial charge >= 0.3 is 12.2 Å². The molecule has 10 nitrogen and oxygen atoms in total. The summed E-state index contributed by atoms with van der Waals surface area (Å²) >= 11 is 0. The van der Waals surface area contributed by atoms with Crippen LogP contribution < -0.4 is 15.1 Å². The topological polar surface area (TPSA) is 101 Å². The van der Waals surface area contributed by atoms with Gasteiger partial charge in [-0.2, -0.15) is 0 Å². The molecule has 11 heteroatoms. The second-order valence-corrected chi connectivity index (χ2v) is 10.8. The van der Waals surface area contributed by atoms with Gasteiger partial charge in [0.05, 0.1) is 44.1 Å². The molecule has 2 heterocycles. The lowest BCUT2D eigenvalue weighted by Gasteiger charge is -2.36. The van der Waals surface area contributed by atoms with Gasteiger partial charge in [0.25, 0.3) is 0 Å². The molecule has 0 radical (unpaired) electrons. The van der Waals surface area contributed by atoms with E-state index >= 15 is 4.39 Å². The Balaban J connectivity index is 1.22. The molecule has 0 bridgehead atoms. The highest BCUT2D eigenvalue weighted by atomic mass is 19.1. The van der Waals surface area contributed by atoms with E-state index in [9.17, 15) is 14.4 Å². The third kappa shape index (κ3) is 8.08. The number of hydrogen-bond donors (Lipinski definition) is 1. The van der Waals surface area contributed by atoms with Crippen molar-refractivity contribution in [1.82, 2.24) is 10.2 Å². The average molecular weight is 557 g/mol. The van der Waals surface area contributed by atoms with Crippen LogP contribution in [0.4, 0.5) is 25.4 Å². The third-order valence-corrected chi connectivity index (χ3v) is 6.53. The summed E-state index contributed by atoms with van der Waals surface area (Å²) in [5.41, 5.74) is 1.21. The first-order valence-corrected chi connectivity index (χ1v) is 13.5. The lowest BCUT2D eigenvalue weighted by molar-refractivity contribution is -0.132. The molecule has 0 spiro atoms. The summed E-state index contributed by atoms with van der Waals surface area (Å²) in [5.74, 6) is -0.443. The van der Waals surface area contributed by atoms with E-state index in [1.807, 2.05) is 35.2 Å². The van der Waals surface area contributed by atoms with Crippen molar-refractivity contribution < 1.29 is 33.0 Å². The van der Waals surface area contributed by atoms with Gasteiger partial charge in [-0.25, -0.2) is 14.0 Å². The van der Waals surface area contributed by atoms with Crippen molar-refractivity contribution in [3.8, 4) is 0 Å². The molecule has 1 unspecified atom stereocenters. The van der Waals surface area contributed by atoms with E-state index in [1.54, 1.807) is 37.8 Å². The predicted octanol–water partition coefficient (Wildman–Crippen LogP) is 3.93. The summed E-state index contributed by atoms with van der Waals surface area (Å²) in [6.45, 7) is 8.31. The number of benzene rings is 2. The number of carbonyl (C=O) groups excluding carboxylic acids is 3. The maximum absolute atomic E-state index is 15.1. The number of cyclic esters (lactones) is 1. The van der Waals surface area contributed by atoms with Gasteiger partial charge < -0.3 is 29.3 Å². The van der Waals surface area contributed by atoms with E-state index < -0.39 is 29.7 Å². The summed E-state index contributed by atoms with van der Waals surface area (Å²) in [6, 6.07) is 14.4. The van der Waals surface area contributed by atoms with Crippen LogP contribution in [0.1, 0.15) is 32.8 Å². The Kier molecular flexibility index (Phi) is 9.46. The van der Waals surface area contributed by atoms with E-state index in [0.717, 1.165) is 5.56 Å². The van der Waals surface area contributed by atoms with Crippen molar-refractivity contribution in [2.24, 2.45) is 0 Å². The summed E-state index contributed by atoms with van der Waals surface area (Å²) in [6.07, 6.45) is -1.49. The Hall–Kier alpha value is -3.86. The second kappa shape index (κ2) is 13.0. The molecule has 2 saturated heterocycles. The second-order valence-electron chi connectivity index (χ2n) is 10.8. The fourth-order valence-electron chi connectivity index (χ4n) is 4.55. The average Bonchev–Trinajstić information content (AvgIpc) is 3.30. The Morgan fingerprint density at radius 1 is 1.07 bits per heavy atom. The van der Waals surface area contributed by atoms with Crippen LogP contribution in [0.3, 0.4) is 0 Å². The van der Waals surface area contributed by atoms with Crippen LogP contribution in [0.5, 0.6) is 0 Å². The largest absolute Gasteiger partial charge is 0.444 e. The van der Waals surface area contributed by atoms with E-state index in [1.165, 1.54) is 11.0 Å². The maximum Gasteiger partial charge on any atom is 0.414 e. The van der Waals surface area contributed by atoms with Gasteiger partial charge in [-0.1, -0.05) is 30.3 Å². The highest BCUT2D eigenvalue weighted by Gasteiger charge is 2.33. The van der Waals surface area contributed by atoms with Crippen molar-refractivity contribution in [1.29, 1.82) is 0 Å². The van der Waals surface area contributed by atoms with Gasteiger partial charge in [-0.05, 0) is 44.5 Å². The fraction of sp³-hybridized carbons (Fsp3) is 0.483. The minimum absolute atomic E-state index is 0.0202. The van der Waals surface area contributed by atoms with Crippen LogP contribution in [0, 0.1) is 5.82 Å². The lowest BCUT2D eigenvalue weighted by Crippen LogP contribution is -2.49. The minimum atomic E-state index is -0.637. The van der Waals surface area contributed by atoms with Gasteiger partial charge in [0.15, 0.2) is 0 Å². The summed E-state index contributed by atoms with van der Waals surface area (Å²) < 4.78 is 31.3. The van der Waals surface area contributed by atoms with Crippen molar-refractivity contribution in [2.45, 2.75) is 45.5 Å². The Bertz CT molecular complexity index is 1180. The molecule has 4 rings (SSSR count). The molecule has 2 fully saturated rings. The SMILES string of the molecule is CC(C)(C)OC(=O)NCC1CN(c2ccc(N3CCN(C(=O)CCOCc4ccccc4)CC3)c(F)c2)C(=O)O1. The number of anilines is 2. The van der Waals surface area contributed by atoms with E-state index in [4.69, 9.17) is 14.2 Å². The van der Waals surface area contributed by atoms with Crippen LogP contribution in [-0.2, 0) is 25.6 Å². The quantitative estimate of drug-likeness (QED) is 0.467. The summed E-state index contributed by atoms with van der Waals surface area (Å²) in [5, 5.41) is 2.59. The molecule has 0 saturated carbocycles. The highest BCUT2D eigenvalue weighted by molar-refractivity contribution is 5.90. The lowest BCUT2D eigenvalue weighted by atomic mass is 10.2. The number of nitrogens with zero attached hydrogens (tertiary/aromatic N) is 3. The molecule has 1 atom stereocenters. The van der Waals surface area contributed by atoms with Crippen molar-refractivity contribution in [2.75, 3.05) is 55.7 Å². The van der Waals surface area contributed by atoms with Gasteiger partial charge in [0.1, 0.15) is 17.5 Å². The molecule has 0 aromatic heterocycles. The van der Waals surface area contributed by atoms with Gasteiger partial charge in [-0.15, -0.1) is 0 Å². The first-order valence-electron chi connectivity index (χ1n) is 13.5. The standard InChI is InChI=1S/C29H37FN4O6/c1-29(2,3)40-27(36)31-18-23-19-34(28(37)39-23)22-9-10-25(24(30)17-22)32-12-14-33(15-13-32)26(35)11-16-38-20-21-7-5-4-6-8-21/h4-10,17,23H,11-16,18-20H2,1-3H3,(H,31,36). The molecule has 2 aromatic carbocycles. The molecule has 3 amide bonds. The van der Waals surface area contributed by atoms with Crippen molar-refractivity contribution in [3.05, 3.63) is 59.9 Å². The number of carbonyl (C=O) groups is 3. The number of amides is 3. The molecule has 0 aliphatic carbocycles. The van der Waals surface area contributed by atoms with Crippen LogP contribution in [0.25, 0.3) is 0 Å². The molecule has 40 heavy (non-hydrogen) atoms. The number of alkyl carbamates (subject to hydrolysis) is 1. The summed E-state index contributed by atoms with van der Waals surface area (Å²) in [7, 11) is 0. The monoisotopic (exact) mass is 556 g/mol. The molecule has 2 aliphatic rings. The first kappa shape index (κ1) is 29.1. The molecular weight excluding hydrogens is 519 g/mol. The van der Waals surface area contributed by atoms with Crippen molar-refractivity contribution >= 4 is 29.5 Å². The zero-order chi connectivity index (χ0) is 28.7. The number of nitrogens with one attached hydrogen (secondary N) is 1. The van der Waals surface area contributed by atoms with E-state index in [0.29, 0.717) is 57.2 Å². The smallest absolute Gasteiger partial charge is 0.414 e. The van der Waals surface area contributed by atoms with Gasteiger partial charge in [0.2, 0.25) is 5.91 Å². The third-order valence-electron chi connectivity index (χ3n) is 6.53. The predicted molar refractivity (Wildman–Crippen MR) is 148 cm³/mol. The van der Waals surface area contributed by atoms with E-state index in [2.05, 4.69) is 5.32 Å². The van der Waals surface area contributed by atoms with E-state index in [-0.39, 0.29) is 19.0 Å². The van der Waals surface area contributed by atoms with Gasteiger partial charge in [-0.3, -0.25) is 9.69 Å².